The van der Waals surface area contributed by atoms with Gasteiger partial charge in [0.2, 0.25) is 10.0 Å². The number of nitrogens with zero attached hydrogens (tertiary/aromatic N) is 2. The fourth-order valence-corrected chi connectivity index (χ4v) is 5.87. The summed E-state index contributed by atoms with van der Waals surface area (Å²) < 4.78 is 33.4. The second-order valence-electron chi connectivity index (χ2n) is 10.1. The van der Waals surface area contributed by atoms with Crippen molar-refractivity contribution >= 4 is 43.8 Å². The third kappa shape index (κ3) is 5.85. The molecule has 0 saturated heterocycles. The summed E-state index contributed by atoms with van der Waals surface area (Å²) in [5.74, 6) is 1.13. The molecular weight excluding hydrogens is 584 g/mol. The molecule has 0 amide bonds. The van der Waals surface area contributed by atoms with Gasteiger partial charge in [0.25, 0.3) is 0 Å². The quantitative estimate of drug-likeness (QED) is 0.185. The highest BCUT2D eigenvalue weighted by Gasteiger charge is 2.32. The first-order valence-electron chi connectivity index (χ1n) is 14.5. The molecule has 0 unspecified atom stereocenters. The van der Waals surface area contributed by atoms with Crippen LogP contribution in [-0.4, -0.2) is 30.4 Å². The van der Waals surface area contributed by atoms with Gasteiger partial charge in [-0.2, -0.15) is 0 Å². The molecule has 7 rings (SSSR count). The van der Waals surface area contributed by atoms with Crippen LogP contribution in [0.5, 0.6) is 11.5 Å². The van der Waals surface area contributed by atoms with Gasteiger partial charge in [0.1, 0.15) is 11.3 Å². The lowest BCUT2D eigenvalue weighted by atomic mass is 9.85. The van der Waals surface area contributed by atoms with Gasteiger partial charge in [0, 0.05) is 33.8 Å². The highest BCUT2D eigenvalue weighted by Crippen LogP contribution is 2.46. The average Bonchev–Trinajstić information content (AvgIpc) is 3.05. The van der Waals surface area contributed by atoms with Crippen LogP contribution in [0.4, 0.5) is 17.1 Å². The maximum Gasteiger partial charge on any atom is 0.229 e. The van der Waals surface area contributed by atoms with Crippen LogP contribution in [0.15, 0.2) is 115 Å². The molecule has 45 heavy (non-hydrogen) atoms. The third-order valence-corrected chi connectivity index (χ3v) is 7.67. The van der Waals surface area contributed by atoms with Crippen molar-refractivity contribution in [3.8, 4) is 34.1 Å². The summed E-state index contributed by atoms with van der Waals surface area (Å²) in [6.45, 7) is 4.00. The molecule has 0 bridgehead atoms. The summed E-state index contributed by atoms with van der Waals surface area (Å²) in [4.78, 5) is 24.1. The van der Waals surface area contributed by atoms with Crippen LogP contribution in [0.25, 0.3) is 33.5 Å². The number of aromatic nitrogens is 2. The largest absolute Gasteiger partial charge is 0.455 e. The van der Waals surface area contributed by atoms with E-state index in [4.69, 9.17) is 14.7 Å². The fourth-order valence-electron chi connectivity index (χ4n) is 5.29. The van der Waals surface area contributed by atoms with E-state index in [1.54, 1.807) is 36.4 Å². The van der Waals surface area contributed by atoms with Gasteiger partial charge in [-0.1, -0.05) is 86.6 Å². The van der Waals surface area contributed by atoms with E-state index >= 15 is 0 Å². The van der Waals surface area contributed by atoms with E-state index in [2.05, 4.69) is 10.0 Å². The van der Waals surface area contributed by atoms with E-state index in [0.29, 0.717) is 61.7 Å². The highest BCUT2D eigenvalue weighted by molar-refractivity contribution is 7.92. The van der Waals surface area contributed by atoms with Gasteiger partial charge < -0.3 is 10.1 Å². The number of ketones is 1. The first kappa shape index (κ1) is 29.5. The predicted molar refractivity (Wildman–Crippen MR) is 180 cm³/mol. The first-order valence-corrected chi connectivity index (χ1v) is 16.4. The molecule has 8 nitrogen and oxygen atoms in total. The summed E-state index contributed by atoms with van der Waals surface area (Å²) in [7, 11) is -3.58. The van der Waals surface area contributed by atoms with E-state index in [0.717, 1.165) is 11.9 Å². The third-order valence-electron chi connectivity index (χ3n) is 7.08. The molecule has 2 N–H and O–H groups in total. The summed E-state index contributed by atoms with van der Waals surface area (Å²) in [6.07, 6.45) is 1.09. The van der Waals surface area contributed by atoms with Crippen molar-refractivity contribution in [3.05, 3.63) is 126 Å². The lowest BCUT2D eigenvalue weighted by Crippen LogP contribution is -2.15. The van der Waals surface area contributed by atoms with Crippen LogP contribution in [0.1, 0.15) is 29.8 Å². The minimum Gasteiger partial charge on any atom is -0.455 e. The Labute approximate surface area is 261 Å². The maximum absolute atomic E-state index is 14.1. The molecule has 1 aromatic heterocycles. The zero-order valence-corrected chi connectivity index (χ0v) is 25.7. The zero-order chi connectivity index (χ0) is 31.6. The molecule has 0 aliphatic heterocycles. The summed E-state index contributed by atoms with van der Waals surface area (Å²) >= 11 is 0. The summed E-state index contributed by atoms with van der Waals surface area (Å²) in [5.41, 5.74) is 4.76. The second kappa shape index (κ2) is 12.2. The Bertz CT molecular complexity index is 2150. The van der Waals surface area contributed by atoms with Gasteiger partial charge in [-0.15, -0.1) is 0 Å². The molecule has 0 spiro atoms. The monoisotopic (exact) mass is 614 g/mol. The molecule has 1 aliphatic rings. The van der Waals surface area contributed by atoms with E-state index in [1.165, 1.54) is 0 Å². The van der Waals surface area contributed by atoms with Gasteiger partial charge in [0.05, 0.1) is 28.9 Å². The summed E-state index contributed by atoms with van der Waals surface area (Å²) in [5, 5.41) is 3.96. The number of nitrogens with one attached hydrogen (secondary N) is 2. The lowest BCUT2D eigenvalue weighted by molar-refractivity contribution is 0.104. The van der Waals surface area contributed by atoms with Gasteiger partial charge in [-0.05, 0) is 36.4 Å². The minimum absolute atomic E-state index is 0.159. The van der Waals surface area contributed by atoms with Crippen molar-refractivity contribution in [2.75, 3.05) is 16.3 Å². The number of ether oxygens (including phenoxy) is 1. The molecule has 6 aromatic rings. The molecule has 5 aromatic carbocycles. The van der Waals surface area contributed by atoms with Gasteiger partial charge >= 0.3 is 0 Å². The molecule has 1 heterocycles. The molecule has 0 atom stereocenters. The SMILES string of the molecule is CC.CS(=O)(=O)Nc1ccccc1-c1nc2c3c(c(Nc4ccccc4)cc(Oc4ccccc4)c3n1)C(=O)c1ccccc1-2. The van der Waals surface area contributed by atoms with E-state index < -0.39 is 10.0 Å². The standard InChI is InChI=1S/C34H24N4O4S.C2H6/c1-43(40,41)38-26-19-11-10-18-25(26)34-36-31-23-16-8-9-17-24(23)33(39)29-27(35-21-12-4-2-5-13-21)20-28(32(37-34)30(29)31)42-22-14-6-3-7-15-22;1-2/h2-20,35,38H,1H3;1-2H3. The van der Waals surface area contributed by atoms with Gasteiger partial charge in [0.15, 0.2) is 17.4 Å². The molecule has 224 valence electrons. The van der Waals surface area contributed by atoms with Gasteiger partial charge in [-0.25, -0.2) is 18.4 Å². The van der Waals surface area contributed by atoms with E-state index in [-0.39, 0.29) is 11.6 Å². The highest BCUT2D eigenvalue weighted by atomic mass is 32.2. The number of hydrogen-bond acceptors (Lipinski definition) is 7. The predicted octanol–water partition coefficient (Wildman–Crippen LogP) is 8.44. The number of para-hydroxylation sites is 3. The molecule has 0 saturated carbocycles. The molecule has 9 heteroatoms. The Morgan fingerprint density at radius 1 is 0.689 bits per heavy atom. The molecule has 0 fully saturated rings. The maximum atomic E-state index is 14.1. The Morgan fingerprint density at radius 3 is 1.98 bits per heavy atom. The van der Waals surface area contributed by atoms with E-state index in [1.807, 2.05) is 92.7 Å². The normalized spacial score (nSPS) is 11.7. The number of fused-ring (bicyclic) bond motifs is 2. The molecule has 1 aliphatic carbocycles. The van der Waals surface area contributed by atoms with Crippen molar-refractivity contribution in [2.45, 2.75) is 13.8 Å². The van der Waals surface area contributed by atoms with Crippen LogP contribution in [0.3, 0.4) is 0 Å². The number of rotatable bonds is 7. The lowest BCUT2D eigenvalue weighted by Gasteiger charge is -2.24. The zero-order valence-electron chi connectivity index (χ0n) is 24.9. The van der Waals surface area contributed by atoms with Crippen LogP contribution in [0.2, 0.25) is 0 Å². The second-order valence-corrected chi connectivity index (χ2v) is 11.9. The van der Waals surface area contributed by atoms with Crippen LogP contribution < -0.4 is 14.8 Å². The molecular formula is C36H30N4O4S. The smallest absolute Gasteiger partial charge is 0.229 e. The van der Waals surface area contributed by atoms with Crippen molar-refractivity contribution in [1.82, 2.24) is 9.97 Å². The van der Waals surface area contributed by atoms with Crippen LogP contribution in [0, 0.1) is 0 Å². The number of anilines is 3. The minimum atomic E-state index is -3.58. The Hall–Kier alpha value is -5.54. The number of carbonyl (C=O) groups excluding carboxylic acids is 1. The number of benzene rings is 5. The Morgan fingerprint density at radius 2 is 1.29 bits per heavy atom. The van der Waals surface area contributed by atoms with E-state index in [9.17, 15) is 13.2 Å². The molecule has 0 radical (unpaired) electrons. The topological polar surface area (TPSA) is 110 Å². The van der Waals surface area contributed by atoms with Crippen LogP contribution in [-0.2, 0) is 10.0 Å². The number of hydrogen-bond donors (Lipinski definition) is 2. The van der Waals surface area contributed by atoms with Crippen molar-refractivity contribution in [2.24, 2.45) is 0 Å². The average molecular weight is 615 g/mol. The Balaban J connectivity index is 0.00000175. The van der Waals surface area contributed by atoms with Gasteiger partial charge in [-0.3, -0.25) is 9.52 Å². The van der Waals surface area contributed by atoms with Crippen LogP contribution >= 0.6 is 0 Å². The number of carbonyl (C=O) groups is 1. The number of sulfonamides is 1. The van der Waals surface area contributed by atoms with Crippen molar-refractivity contribution in [3.63, 3.8) is 0 Å². The van der Waals surface area contributed by atoms with Crippen molar-refractivity contribution in [1.29, 1.82) is 0 Å². The summed E-state index contributed by atoms with van der Waals surface area (Å²) in [6, 6.07) is 35.0. The van der Waals surface area contributed by atoms with Crippen molar-refractivity contribution < 1.29 is 17.9 Å². The first-order chi connectivity index (χ1) is 21.9. The Kier molecular flexibility index (Phi) is 8.02. The fraction of sp³-hybridized carbons (Fsp3) is 0.0833.